The number of amides is 4. The third-order valence-corrected chi connectivity index (χ3v) is 4.36. The van der Waals surface area contributed by atoms with Crippen molar-refractivity contribution in [3.63, 3.8) is 0 Å². The number of hydrogen-bond acceptors (Lipinski definition) is 4. The zero-order valence-corrected chi connectivity index (χ0v) is 14.8. The number of nitrogens with zero attached hydrogens (tertiary/aromatic N) is 1. The fourth-order valence-corrected chi connectivity index (χ4v) is 2.91. The molecule has 0 saturated carbocycles. The van der Waals surface area contributed by atoms with E-state index >= 15 is 0 Å². The summed E-state index contributed by atoms with van der Waals surface area (Å²) in [7, 11) is 1.54. The van der Waals surface area contributed by atoms with Gasteiger partial charge in [0.2, 0.25) is 11.8 Å². The lowest BCUT2D eigenvalue weighted by Crippen LogP contribution is -2.43. The number of carbonyl (C=O) groups is 4. The molecule has 0 aliphatic carbocycles. The Morgan fingerprint density at radius 3 is 2.44 bits per heavy atom. The number of nitrogens with one attached hydrogen (secondary N) is 2. The number of hydrogen-bond donors (Lipinski definition) is 2. The molecule has 0 spiro atoms. The Hall–Kier alpha value is -3.48. The molecular formula is C20H19N3O4. The Balaban J connectivity index is 1.58. The van der Waals surface area contributed by atoms with E-state index in [4.69, 9.17) is 0 Å². The summed E-state index contributed by atoms with van der Waals surface area (Å²) in [6.07, 6.45) is 0.154. The minimum atomic E-state index is -0.371. The number of rotatable bonds is 5. The second kappa shape index (κ2) is 7.82. The van der Waals surface area contributed by atoms with E-state index in [-0.39, 0.29) is 43.0 Å². The minimum absolute atomic E-state index is 0.00313. The third-order valence-electron chi connectivity index (χ3n) is 4.36. The smallest absolute Gasteiger partial charge is 0.260 e. The molecule has 0 aromatic heterocycles. The lowest BCUT2D eigenvalue weighted by atomic mass is 9.98. The van der Waals surface area contributed by atoms with Crippen molar-refractivity contribution in [2.45, 2.75) is 12.8 Å². The standard InChI is InChI=1S/C20H19N3O4/c1-21-19(26)13-6-8-15(9-7-13)22-17(24)10-11-23-18(25)12-14-4-2-3-5-16(14)20(23)27/h2-9H,10-12H2,1H3,(H,21,26)(H,22,24). The summed E-state index contributed by atoms with van der Waals surface area (Å²) >= 11 is 0. The molecule has 7 heteroatoms. The molecule has 2 aromatic carbocycles. The molecule has 0 radical (unpaired) electrons. The van der Waals surface area contributed by atoms with Crippen molar-refractivity contribution < 1.29 is 19.2 Å². The summed E-state index contributed by atoms with van der Waals surface area (Å²) in [4.78, 5) is 49.4. The summed E-state index contributed by atoms with van der Waals surface area (Å²) in [6, 6.07) is 13.4. The van der Waals surface area contributed by atoms with Crippen LogP contribution >= 0.6 is 0 Å². The molecule has 1 aliphatic heterocycles. The topological polar surface area (TPSA) is 95.6 Å². The van der Waals surface area contributed by atoms with E-state index in [9.17, 15) is 19.2 Å². The van der Waals surface area contributed by atoms with Crippen molar-refractivity contribution in [1.82, 2.24) is 10.2 Å². The fourth-order valence-electron chi connectivity index (χ4n) is 2.91. The van der Waals surface area contributed by atoms with Crippen LogP contribution in [0.15, 0.2) is 48.5 Å². The Labute approximate surface area is 156 Å². The highest BCUT2D eigenvalue weighted by atomic mass is 16.2. The second-order valence-corrected chi connectivity index (χ2v) is 6.14. The van der Waals surface area contributed by atoms with Crippen LogP contribution in [0.1, 0.15) is 32.7 Å². The van der Waals surface area contributed by atoms with Crippen LogP contribution in [0.2, 0.25) is 0 Å². The van der Waals surface area contributed by atoms with Gasteiger partial charge in [0, 0.05) is 36.8 Å². The number of benzene rings is 2. The Bertz CT molecular complexity index is 906. The Kier molecular flexibility index (Phi) is 5.30. The van der Waals surface area contributed by atoms with E-state index < -0.39 is 0 Å². The summed E-state index contributed by atoms with van der Waals surface area (Å²) in [5.74, 6) is -1.21. The first-order valence-corrected chi connectivity index (χ1v) is 8.54. The van der Waals surface area contributed by atoms with Gasteiger partial charge in [-0.05, 0) is 35.9 Å². The zero-order chi connectivity index (χ0) is 19.4. The van der Waals surface area contributed by atoms with Gasteiger partial charge in [-0.3, -0.25) is 24.1 Å². The summed E-state index contributed by atoms with van der Waals surface area (Å²) in [5.41, 5.74) is 2.24. The first-order valence-electron chi connectivity index (χ1n) is 8.54. The van der Waals surface area contributed by atoms with Crippen molar-refractivity contribution in [1.29, 1.82) is 0 Å². The predicted molar refractivity (Wildman–Crippen MR) is 99.3 cm³/mol. The van der Waals surface area contributed by atoms with Gasteiger partial charge in [0.05, 0.1) is 6.42 Å². The normalized spacial score (nSPS) is 13.1. The minimum Gasteiger partial charge on any atom is -0.355 e. The number of carbonyl (C=O) groups excluding carboxylic acids is 4. The first-order chi connectivity index (χ1) is 13.0. The van der Waals surface area contributed by atoms with E-state index in [0.717, 1.165) is 4.90 Å². The van der Waals surface area contributed by atoms with Crippen molar-refractivity contribution in [2.24, 2.45) is 0 Å². The van der Waals surface area contributed by atoms with E-state index in [1.165, 1.54) is 0 Å². The van der Waals surface area contributed by atoms with Crippen LogP contribution in [0.25, 0.3) is 0 Å². The molecule has 3 rings (SSSR count). The fraction of sp³-hybridized carbons (Fsp3) is 0.200. The quantitative estimate of drug-likeness (QED) is 0.787. The van der Waals surface area contributed by atoms with Crippen LogP contribution in [0, 0.1) is 0 Å². The maximum Gasteiger partial charge on any atom is 0.260 e. The van der Waals surface area contributed by atoms with Gasteiger partial charge in [0.25, 0.3) is 11.8 Å². The van der Waals surface area contributed by atoms with Crippen molar-refractivity contribution >= 4 is 29.3 Å². The SMILES string of the molecule is CNC(=O)c1ccc(NC(=O)CCN2C(=O)Cc3ccccc3C2=O)cc1. The molecule has 7 nitrogen and oxygen atoms in total. The van der Waals surface area contributed by atoms with Gasteiger partial charge in [-0.15, -0.1) is 0 Å². The van der Waals surface area contributed by atoms with Gasteiger partial charge in [0.1, 0.15) is 0 Å². The van der Waals surface area contributed by atoms with E-state index in [1.54, 1.807) is 55.6 Å². The average molecular weight is 365 g/mol. The molecule has 0 bridgehead atoms. The first kappa shape index (κ1) is 18.3. The van der Waals surface area contributed by atoms with Gasteiger partial charge in [-0.25, -0.2) is 0 Å². The monoisotopic (exact) mass is 365 g/mol. The molecule has 138 valence electrons. The molecule has 1 aliphatic rings. The number of imide groups is 1. The highest BCUT2D eigenvalue weighted by Crippen LogP contribution is 2.20. The van der Waals surface area contributed by atoms with Crippen LogP contribution in [0.5, 0.6) is 0 Å². The summed E-state index contributed by atoms with van der Waals surface area (Å²) in [6.45, 7) is 0.0220. The summed E-state index contributed by atoms with van der Waals surface area (Å²) < 4.78 is 0. The lowest BCUT2D eigenvalue weighted by Gasteiger charge is -2.26. The maximum absolute atomic E-state index is 12.5. The van der Waals surface area contributed by atoms with Crippen LogP contribution in [0.3, 0.4) is 0 Å². The number of fused-ring (bicyclic) bond motifs is 1. The van der Waals surface area contributed by atoms with Gasteiger partial charge in [-0.2, -0.15) is 0 Å². The lowest BCUT2D eigenvalue weighted by molar-refractivity contribution is -0.128. The highest BCUT2D eigenvalue weighted by molar-refractivity contribution is 6.10. The highest BCUT2D eigenvalue weighted by Gasteiger charge is 2.30. The van der Waals surface area contributed by atoms with Crippen LogP contribution < -0.4 is 10.6 Å². The molecule has 27 heavy (non-hydrogen) atoms. The molecule has 0 saturated heterocycles. The van der Waals surface area contributed by atoms with Crippen LogP contribution in [-0.4, -0.2) is 42.1 Å². The molecule has 2 N–H and O–H groups in total. The van der Waals surface area contributed by atoms with E-state index in [0.29, 0.717) is 22.4 Å². The van der Waals surface area contributed by atoms with Gasteiger partial charge in [0.15, 0.2) is 0 Å². The molecule has 4 amide bonds. The van der Waals surface area contributed by atoms with Crippen LogP contribution in [-0.2, 0) is 16.0 Å². The maximum atomic E-state index is 12.5. The molecule has 0 fully saturated rings. The Morgan fingerprint density at radius 2 is 1.74 bits per heavy atom. The number of anilines is 1. The molecule has 0 unspecified atom stereocenters. The second-order valence-electron chi connectivity index (χ2n) is 6.14. The van der Waals surface area contributed by atoms with Crippen molar-refractivity contribution in [3.05, 3.63) is 65.2 Å². The van der Waals surface area contributed by atoms with Crippen LogP contribution in [0.4, 0.5) is 5.69 Å². The molecule has 2 aromatic rings. The van der Waals surface area contributed by atoms with Crippen molar-refractivity contribution in [3.8, 4) is 0 Å². The molecule has 0 atom stereocenters. The van der Waals surface area contributed by atoms with E-state index in [1.807, 2.05) is 0 Å². The average Bonchev–Trinajstić information content (AvgIpc) is 2.67. The Morgan fingerprint density at radius 1 is 1.04 bits per heavy atom. The largest absolute Gasteiger partial charge is 0.355 e. The third kappa shape index (κ3) is 4.03. The molecular weight excluding hydrogens is 346 g/mol. The van der Waals surface area contributed by atoms with Gasteiger partial charge < -0.3 is 10.6 Å². The zero-order valence-electron chi connectivity index (χ0n) is 14.8. The van der Waals surface area contributed by atoms with Gasteiger partial charge >= 0.3 is 0 Å². The predicted octanol–water partition coefficient (Wildman–Crippen LogP) is 1.60. The van der Waals surface area contributed by atoms with Crippen molar-refractivity contribution in [2.75, 3.05) is 18.9 Å². The van der Waals surface area contributed by atoms with E-state index in [2.05, 4.69) is 10.6 Å². The summed E-state index contributed by atoms with van der Waals surface area (Å²) in [5, 5.41) is 5.21. The van der Waals surface area contributed by atoms with Gasteiger partial charge in [-0.1, -0.05) is 18.2 Å². The molecule has 1 heterocycles.